The van der Waals surface area contributed by atoms with Crippen LogP contribution in [-0.4, -0.2) is 22.4 Å². The summed E-state index contributed by atoms with van der Waals surface area (Å²) in [7, 11) is 0. The largest absolute Gasteiger partial charge is 0.407 e. The number of aliphatic hydroxyl groups is 1. The molecular formula is C18H16F3N3O2S. The average molecular weight is 395 g/mol. The molecule has 0 aliphatic heterocycles. The van der Waals surface area contributed by atoms with Gasteiger partial charge in [0.15, 0.2) is 5.69 Å². The number of benzene rings is 2. The van der Waals surface area contributed by atoms with Crippen LogP contribution >= 0.6 is 11.8 Å². The van der Waals surface area contributed by atoms with E-state index in [1.807, 2.05) is 0 Å². The maximum atomic E-state index is 13.0. The highest BCUT2D eigenvalue weighted by Crippen LogP contribution is 2.38. The molecule has 0 aromatic heterocycles. The number of nitrogens with two attached hydrogens (primary N) is 1. The van der Waals surface area contributed by atoms with E-state index in [9.17, 15) is 23.1 Å². The van der Waals surface area contributed by atoms with Gasteiger partial charge in [-0.15, -0.1) is 11.8 Å². The number of hydrogen-bond acceptors (Lipinski definition) is 4. The second kappa shape index (κ2) is 7.90. The van der Waals surface area contributed by atoms with Gasteiger partial charge in [-0.3, -0.25) is 4.79 Å². The zero-order valence-corrected chi connectivity index (χ0v) is 15.0. The van der Waals surface area contributed by atoms with E-state index in [4.69, 9.17) is 12.3 Å². The topological polar surface area (TPSA) is 79.7 Å². The van der Waals surface area contributed by atoms with Crippen molar-refractivity contribution in [3.05, 3.63) is 59.4 Å². The zero-order chi connectivity index (χ0) is 20.2. The van der Waals surface area contributed by atoms with E-state index in [2.05, 4.69) is 10.2 Å². The van der Waals surface area contributed by atoms with Crippen LogP contribution in [0.15, 0.2) is 47.4 Å². The molecule has 0 saturated heterocycles. The van der Waals surface area contributed by atoms with Crippen molar-refractivity contribution in [2.24, 2.45) is 0 Å². The lowest BCUT2D eigenvalue weighted by Crippen LogP contribution is -2.42. The lowest BCUT2D eigenvalue weighted by molar-refractivity contribution is -0.137. The number of carbonyl (C=O) groups excluding carboxylic acids is 1. The van der Waals surface area contributed by atoms with Gasteiger partial charge in [0.25, 0.3) is 5.91 Å². The van der Waals surface area contributed by atoms with E-state index < -0.39 is 28.9 Å². The molecular weight excluding hydrogens is 379 g/mol. The number of hydrogen-bond donors (Lipinski definition) is 3. The Morgan fingerprint density at radius 2 is 1.96 bits per heavy atom. The second-order valence-electron chi connectivity index (χ2n) is 5.90. The highest BCUT2D eigenvalue weighted by molar-refractivity contribution is 7.99. The molecule has 4 N–H and O–H groups in total. The third kappa shape index (κ3) is 5.15. The molecule has 0 saturated carbocycles. The Bertz CT molecular complexity index is 892. The number of carbonyl (C=O) groups is 1. The number of amides is 1. The fourth-order valence-electron chi connectivity index (χ4n) is 2.10. The van der Waals surface area contributed by atoms with Crippen LogP contribution in [-0.2, 0) is 11.0 Å². The highest BCUT2D eigenvalue weighted by Gasteiger charge is 2.35. The number of nitrogen functional groups attached to an aromatic ring is 1. The fourth-order valence-corrected chi connectivity index (χ4v) is 3.08. The number of thioether (sulfide) groups is 1. The molecule has 0 bridgehead atoms. The smallest absolute Gasteiger partial charge is 0.398 e. The molecule has 0 unspecified atom stereocenters. The monoisotopic (exact) mass is 395 g/mol. The first-order chi connectivity index (χ1) is 12.5. The van der Waals surface area contributed by atoms with E-state index >= 15 is 0 Å². The van der Waals surface area contributed by atoms with Crippen molar-refractivity contribution in [1.29, 1.82) is 0 Å². The molecule has 0 fully saturated rings. The maximum Gasteiger partial charge on any atom is 0.407 e. The van der Waals surface area contributed by atoms with Crippen molar-refractivity contribution in [3.63, 3.8) is 0 Å². The van der Waals surface area contributed by atoms with Crippen LogP contribution in [0.2, 0.25) is 0 Å². The van der Waals surface area contributed by atoms with Crippen LogP contribution in [0.3, 0.4) is 0 Å². The number of alkyl halides is 3. The summed E-state index contributed by atoms with van der Waals surface area (Å²) < 4.78 is 39.0. The first-order valence-electron chi connectivity index (χ1n) is 7.64. The van der Waals surface area contributed by atoms with Gasteiger partial charge in [0, 0.05) is 22.0 Å². The van der Waals surface area contributed by atoms with Crippen LogP contribution in [0, 0.1) is 6.57 Å². The Labute approximate surface area is 158 Å². The Morgan fingerprint density at radius 1 is 1.30 bits per heavy atom. The van der Waals surface area contributed by atoms with Gasteiger partial charge < -0.3 is 16.2 Å². The van der Waals surface area contributed by atoms with Gasteiger partial charge in [-0.1, -0.05) is 18.2 Å². The van der Waals surface area contributed by atoms with Crippen LogP contribution in [0.1, 0.15) is 12.5 Å². The van der Waals surface area contributed by atoms with E-state index in [1.54, 1.807) is 24.3 Å². The molecule has 0 aliphatic carbocycles. The molecule has 2 rings (SSSR count). The van der Waals surface area contributed by atoms with Crippen molar-refractivity contribution >= 4 is 34.7 Å². The van der Waals surface area contributed by atoms with Gasteiger partial charge in [-0.25, -0.2) is 4.85 Å². The molecule has 27 heavy (non-hydrogen) atoms. The van der Waals surface area contributed by atoms with Crippen molar-refractivity contribution < 1.29 is 23.1 Å². The number of nitrogens with zero attached hydrogens (tertiary/aromatic N) is 1. The van der Waals surface area contributed by atoms with E-state index in [0.29, 0.717) is 16.6 Å². The number of anilines is 2. The second-order valence-corrected chi connectivity index (χ2v) is 6.91. The van der Waals surface area contributed by atoms with Gasteiger partial charge in [0.05, 0.1) is 12.1 Å². The van der Waals surface area contributed by atoms with E-state index in [0.717, 1.165) is 17.8 Å². The number of halogens is 3. The van der Waals surface area contributed by atoms with Crippen molar-refractivity contribution in [2.75, 3.05) is 16.8 Å². The van der Waals surface area contributed by atoms with Crippen LogP contribution in [0.5, 0.6) is 0 Å². The highest BCUT2D eigenvalue weighted by atomic mass is 32.2. The van der Waals surface area contributed by atoms with Gasteiger partial charge in [0.1, 0.15) is 5.60 Å². The van der Waals surface area contributed by atoms with Crippen molar-refractivity contribution in [1.82, 2.24) is 0 Å². The number of nitrogens with one attached hydrogen (secondary N) is 1. The molecule has 9 heteroatoms. The van der Waals surface area contributed by atoms with Crippen LogP contribution in [0.4, 0.5) is 30.2 Å². The predicted molar refractivity (Wildman–Crippen MR) is 98.5 cm³/mol. The minimum atomic E-state index is -4.73. The van der Waals surface area contributed by atoms with Gasteiger partial charge in [-0.2, -0.15) is 13.2 Å². The zero-order valence-electron chi connectivity index (χ0n) is 14.2. The molecule has 0 spiro atoms. The molecule has 5 nitrogen and oxygen atoms in total. The third-order valence-corrected chi connectivity index (χ3v) is 4.99. The first-order valence-corrected chi connectivity index (χ1v) is 8.63. The summed E-state index contributed by atoms with van der Waals surface area (Å²) in [4.78, 5) is 15.8. The summed E-state index contributed by atoms with van der Waals surface area (Å²) in [5.74, 6) is -0.924. The minimum absolute atomic E-state index is 0.0562. The third-order valence-electron chi connectivity index (χ3n) is 3.60. The molecule has 1 amide bonds. The van der Waals surface area contributed by atoms with E-state index in [1.165, 1.54) is 13.0 Å². The summed E-state index contributed by atoms with van der Waals surface area (Å²) >= 11 is 1.15. The predicted octanol–water partition coefficient (Wildman–Crippen LogP) is 4.32. The summed E-state index contributed by atoms with van der Waals surface area (Å²) in [6, 6.07) is 9.73. The molecule has 1 atom stereocenters. The Hall–Kier alpha value is -2.70. The van der Waals surface area contributed by atoms with Crippen LogP contribution in [0.25, 0.3) is 4.85 Å². The van der Waals surface area contributed by atoms with Crippen molar-refractivity contribution in [3.8, 4) is 0 Å². The quantitative estimate of drug-likeness (QED) is 0.400. The molecule has 0 aliphatic rings. The van der Waals surface area contributed by atoms with Crippen molar-refractivity contribution in [2.45, 2.75) is 23.6 Å². The van der Waals surface area contributed by atoms with Gasteiger partial charge in [-0.05, 0) is 31.2 Å². The summed E-state index contributed by atoms with van der Waals surface area (Å²) in [6.45, 7) is 8.07. The first kappa shape index (κ1) is 20.6. The Morgan fingerprint density at radius 3 is 2.56 bits per heavy atom. The standard InChI is InChI=1S/C18H16F3N3O2S/c1-17(26,10-27-15-6-4-3-5-13(15)22)16(25)24-11-7-8-14(23-2)12(9-11)18(19,20)21/h3-9,26H,10,22H2,1H3,(H,24,25)/t17-/m0/s1. The van der Waals surface area contributed by atoms with Crippen LogP contribution < -0.4 is 11.1 Å². The SMILES string of the molecule is [C-]#[N+]c1ccc(NC(=O)[C@@](C)(O)CSc2ccccc2N)cc1C(F)(F)F. The molecule has 0 radical (unpaired) electrons. The number of para-hydroxylation sites is 1. The maximum absolute atomic E-state index is 13.0. The number of rotatable bonds is 5. The average Bonchev–Trinajstić information content (AvgIpc) is 2.60. The normalized spacial score (nSPS) is 13.5. The van der Waals surface area contributed by atoms with Gasteiger partial charge >= 0.3 is 6.18 Å². The molecule has 0 heterocycles. The molecule has 142 valence electrons. The fraction of sp³-hybridized carbons (Fsp3) is 0.222. The summed E-state index contributed by atoms with van der Waals surface area (Å²) in [5, 5.41) is 12.6. The Kier molecular flexibility index (Phi) is 6.03. The summed E-state index contributed by atoms with van der Waals surface area (Å²) in [6.07, 6.45) is -4.73. The van der Waals surface area contributed by atoms with Gasteiger partial charge in [0.2, 0.25) is 0 Å². The molecule has 2 aromatic carbocycles. The Balaban J connectivity index is 2.13. The lowest BCUT2D eigenvalue weighted by atomic mass is 10.1. The summed E-state index contributed by atoms with van der Waals surface area (Å²) in [5.41, 5.74) is 2.55. The molecule has 2 aromatic rings. The lowest BCUT2D eigenvalue weighted by Gasteiger charge is -2.22. The van der Waals surface area contributed by atoms with E-state index in [-0.39, 0.29) is 11.4 Å². The minimum Gasteiger partial charge on any atom is -0.398 e.